The van der Waals surface area contributed by atoms with Gasteiger partial charge in [0.05, 0.1) is 13.2 Å². The van der Waals surface area contributed by atoms with Crippen LogP contribution in [0.2, 0.25) is 0 Å². The summed E-state index contributed by atoms with van der Waals surface area (Å²) in [6.07, 6.45) is 0.813. The molecule has 8 heteroatoms. The number of fused-ring (bicyclic) bond motifs is 1. The molecule has 1 fully saturated rings. The smallest absolute Gasteiger partial charge is 0.318 e. The molecular weight excluding hydrogens is 339 g/mol. The van der Waals surface area contributed by atoms with E-state index in [9.17, 15) is 14.0 Å². The molecule has 1 atom stereocenters. The zero-order valence-corrected chi connectivity index (χ0v) is 15.0. The number of morpholine rings is 1. The third-order valence-electron chi connectivity index (χ3n) is 4.75. The Morgan fingerprint density at radius 2 is 2.04 bits per heavy atom. The van der Waals surface area contributed by atoms with Crippen LogP contribution in [0.5, 0.6) is 0 Å². The van der Waals surface area contributed by atoms with Gasteiger partial charge in [0.15, 0.2) is 0 Å². The van der Waals surface area contributed by atoms with Crippen LogP contribution in [-0.4, -0.2) is 68.8 Å². The molecular formula is C18H25FN4O3. The van der Waals surface area contributed by atoms with Crippen molar-refractivity contribution in [1.29, 1.82) is 0 Å². The lowest BCUT2D eigenvalue weighted by Crippen LogP contribution is -2.52. The van der Waals surface area contributed by atoms with Crippen LogP contribution in [0.25, 0.3) is 0 Å². The van der Waals surface area contributed by atoms with Crippen molar-refractivity contribution < 1.29 is 18.7 Å². The summed E-state index contributed by atoms with van der Waals surface area (Å²) in [4.78, 5) is 28.1. The van der Waals surface area contributed by atoms with Gasteiger partial charge in [0.1, 0.15) is 11.9 Å². The predicted octanol–water partition coefficient (Wildman–Crippen LogP) is 0.735. The van der Waals surface area contributed by atoms with Gasteiger partial charge in [-0.15, -0.1) is 0 Å². The number of benzene rings is 1. The van der Waals surface area contributed by atoms with E-state index in [1.807, 2.05) is 0 Å². The number of urea groups is 1. The van der Waals surface area contributed by atoms with Crippen molar-refractivity contribution in [1.82, 2.24) is 15.5 Å². The molecule has 0 unspecified atom stereocenters. The summed E-state index contributed by atoms with van der Waals surface area (Å²) in [6.45, 7) is 5.72. The highest BCUT2D eigenvalue weighted by Gasteiger charge is 2.22. The lowest BCUT2D eigenvalue weighted by molar-refractivity contribution is -0.122. The maximum atomic E-state index is 13.3. The number of nitrogens with one attached hydrogen (secondary N) is 2. The molecule has 2 N–H and O–H groups in total. The van der Waals surface area contributed by atoms with E-state index in [4.69, 9.17) is 4.74 Å². The van der Waals surface area contributed by atoms with E-state index in [0.717, 1.165) is 24.2 Å². The second kappa shape index (κ2) is 8.35. The van der Waals surface area contributed by atoms with E-state index in [1.54, 1.807) is 24.0 Å². The summed E-state index contributed by atoms with van der Waals surface area (Å²) in [7, 11) is 0. The Labute approximate surface area is 152 Å². The topological polar surface area (TPSA) is 73.9 Å². The normalized spacial score (nSPS) is 17.6. The van der Waals surface area contributed by atoms with Crippen LogP contribution in [0.1, 0.15) is 12.5 Å². The summed E-state index contributed by atoms with van der Waals surface area (Å²) in [5.74, 6) is -0.436. The molecule has 3 amide bonds. The van der Waals surface area contributed by atoms with Gasteiger partial charge in [-0.25, -0.2) is 9.18 Å². The Bertz CT molecular complexity index is 664. The van der Waals surface area contributed by atoms with Crippen LogP contribution in [0.3, 0.4) is 0 Å². The van der Waals surface area contributed by atoms with E-state index < -0.39 is 6.04 Å². The number of nitrogens with zero attached hydrogens (tertiary/aromatic N) is 2. The van der Waals surface area contributed by atoms with Crippen molar-refractivity contribution in [2.45, 2.75) is 19.4 Å². The molecule has 3 rings (SSSR count). The van der Waals surface area contributed by atoms with Gasteiger partial charge in [0.2, 0.25) is 5.91 Å². The first-order chi connectivity index (χ1) is 12.5. The molecule has 0 bridgehead atoms. The molecule has 0 saturated carbocycles. The molecule has 2 aliphatic rings. The second-order valence-corrected chi connectivity index (χ2v) is 6.57. The minimum atomic E-state index is -0.606. The summed E-state index contributed by atoms with van der Waals surface area (Å²) >= 11 is 0. The lowest BCUT2D eigenvalue weighted by Gasteiger charge is -2.28. The van der Waals surface area contributed by atoms with Gasteiger partial charge in [0.25, 0.3) is 0 Å². The van der Waals surface area contributed by atoms with Gasteiger partial charge in [-0.1, -0.05) is 0 Å². The monoisotopic (exact) mass is 364 g/mol. The number of hydrogen-bond donors (Lipinski definition) is 2. The molecule has 2 heterocycles. The van der Waals surface area contributed by atoms with Gasteiger partial charge in [-0.05, 0) is 37.1 Å². The second-order valence-electron chi connectivity index (χ2n) is 6.57. The highest BCUT2D eigenvalue weighted by molar-refractivity contribution is 5.86. The Hall–Kier alpha value is -2.35. The highest BCUT2D eigenvalue weighted by atomic mass is 19.1. The van der Waals surface area contributed by atoms with Crippen molar-refractivity contribution in [3.05, 3.63) is 29.6 Å². The van der Waals surface area contributed by atoms with Gasteiger partial charge in [-0.3, -0.25) is 4.79 Å². The third-order valence-corrected chi connectivity index (χ3v) is 4.75. The average molecular weight is 364 g/mol. The predicted molar refractivity (Wildman–Crippen MR) is 95.7 cm³/mol. The number of anilines is 1. The lowest BCUT2D eigenvalue weighted by atomic mass is 10.2. The van der Waals surface area contributed by atoms with Crippen molar-refractivity contribution in [3.63, 3.8) is 0 Å². The van der Waals surface area contributed by atoms with Crippen molar-refractivity contribution in [2.24, 2.45) is 0 Å². The van der Waals surface area contributed by atoms with E-state index in [-0.39, 0.29) is 17.8 Å². The van der Waals surface area contributed by atoms with E-state index in [0.29, 0.717) is 39.4 Å². The quantitative estimate of drug-likeness (QED) is 0.808. The Morgan fingerprint density at radius 3 is 2.81 bits per heavy atom. The van der Waals surface area contributed by atoms with Crippen molar-refractivity contribution >= 4 is 17.6 Å². The molecule has 1 aromatic rings. The Balaban J connectivity index is 1.41. The first kappa shape index (κ1) is 18.4. The first-order valence-electron chi connectivity index (χ1n) is 8.99. The van der Waals surface area contributed by atoms with E-state index in [1.165, 1.54) is 6.07 Å². The molecule has 2 aliphatic heterocycles. The zero-order valence-electron chi connectivity index (χ0n) is 15.0. The van der Waals surface area contributed by atoms with E-state index in [2.05, 4.69) is 15.5 Å². The van der Waals surface area contributed by atoms with Crippen LogP contribution in [-0.2, 0) is 16.0 Å². The number of hydrogen-bond acceptors (Lipinski definition) is 4. The zero-order chi connectivity index (χ0) is 18.5. The van der Waals surface area contributed by atoms with Crippen LogP contribution in [0, 0.1) is 5.82 Å². The summed E-state index contributed by atoms with van der Waals surface area (Å²) in [5.41, 5.74) is 2.02. The van der Waals surface area contributed by atoms with Gasteiger partial charge in [0, 0.05) is 38.4 Å². The maximum absolute atomic E-state index is 13.3. The number of halogens is 1. The van der Waals surface area contributed by atoms with E-state index >= 15 is 0 Å². The number of carbonyl (C=O) groups is 2. The molecule has 0 spiro atoms. The number of rotatable bonds is 5. The van der Waals surface area contributed by atoms with Crippen LogP contribution in [0.15, 0.2) is 18.2 Å². The fourth-order valence-electron chi connectivity index (χ4n) is 3.25. The van der Waals surface area contributed by atoms with Gasteiger partial charge in [-0.2, -0.15) is 0 Å². The average Bonchev–Trinajstić information content (AvgIpc) is 3.04. The Kier molecular flexibility index (Phi) is 5.92. The minimum Gasteiger partial charge on any atom is -0.378 e. The third kappa shape index (κ3) is 4.43. The fourth-order valence-corrected chi connectivity index (χ4v) is 3.25. The fraction of sp³-hybridized carbons (Fsp3) is 0.556. The highest BCUT2D eigenvalue weighted by Crippen LogP contribution is 2.27. The standard InChI is InChI=1S/C18H25FN4O3/c1-13(21-18(25)23-8-10-26-11-9-23)17(24)20-5-7-22-6-4-14-12-15(19)2-3-16(14)22/h2-3,12-13H,4-11H2,1H3,(H,20,24)(H,21,25)/t13-/m0/s1. The summed E-state index contributed by atoms with van der Waals surface area (Å²) in [6, 6.07) is 3.96. The number of amides is 3. The van der Waals surface area contributed by atoms with Gasteiger partial charge >= 0.3 is 6.03 Å². The molecule has 7 nitrogen and oxygen atoms in total. The Morgan fingerprint density at radius 1 is 1.27 bits per heavy atom. The SMILES string of the molecule is C[C@H](NC(=O)N1CCOCC1)C(=O)NCCN1CCc2cc(F)ccc21. The number of carbonyl (C=O) groups excluding carboxylic acids is 2. The van der Waals surface area contributed by atoms with Crippen molar-refractivity contribution in [2.75, 3.05) is 50.8 Å². The largest absolute Gasteiger partial charge is 0.378 e. The molecule has 142 valence electrons. The van der Waals surface area contributed by atoms with Crippen molar-refractivity contribution in [3.8, 4) is 0 Å². The minimum absolute atomic E-state index is 0.217. The van der Waals surface area contributed by atoms with Crippen LogP contribution < -0.4 is 15.5 Å². The maximum Gasteiger partial charge on any atom is 0.318 e. The molecule has 0 radical (unpaired) electrons. The molecule has 0 aliphatic carbocycles. The van der Waals surface area contributed by atoms with Gasteiger partial charge < -0.3 is 25.2 Å². The summed E-state index contributed by atoms with van der Waals surface area (Å²) in [5, 5.41) is 5.56. The van der Waals surface area contributed by atoms with Crippen LogP contribution >= 0.6 is 0 Å². The molecule has 1 saturated heterocycles. The number of ether oxygens (including phenoxy) is 1. The molecule has 26 heavy (non-hydrogen) atoms. The first-order valence-corrected chi connectivity index (χ1v) is 8.99. The summed E-state index contributed by atoms with van der Waals surface area (Å²) < 4.78 is 18.5. The molecule has 1 aromatic carbocycles. The molecule has 0 aromatic heterocycles. The van der Waals surface area contributed by atoms with Crippen LogP contribution in [0.4, 0.5) is 14.9 Å².